The Morgan fingerprint density at radius 2 is 1.80 bits per heavy atom. The van der Waals surface area contributed by atoms with Crippen molar-refractivity contribution >= 4 is 11.5 Å². The molecule has 1 heterocycles. The van der Waals surface area contributed by atoms with E-state index in [2.05, 4.69) is 19.1 Å². The van der Waals surface area contributed by atoms with Crippen LogP contribution in [0.1, 0.15) is 19.4 Å². The van der Waals surface area contributed by atoms with Gasteiger partial charge in [-0.05, 0) is 25.0 Å². The van der Waals surface area contributed by atoms with Gasteiger partial charge in [-0.15, -0.1) is 0 Å². The van der Waals surface area contributed by atoms with Crippen LogP contribution in [-0.4, -0.2) is 23.9 Å². The largest absolute Gasteiger partial charge is 0.335 e. The van der Waals surface area contributed by atoms with Gasteiger partial charge in [0.2, 0.25) is 5.91 Å². The number of hydrogen-bond acceptors (Lipinski definition) is 1. The molecule has 0 radical (unpaired) electrons. The Kier molecular flexibility index (Phi) is 2.35. The molecule has 2 heteroatoms. The number of likely N-dealkylation sites (N-methyl/N-ethyl adjacent to an activating group) is 1. The van der Waals surface area contributed by atoms with Crippen LogP contribution in [0.25, 0.3) is 5.57 Å². The molecule has 1 aromatic carbocycles. The third-order valence-corrected chi connectivity index (χ3v) is 3.13. The standard InChI is InChI=1S/C13H15NO/c1-9-12(10(2)14(3)13(9)15)11-7-5-4-6-8-11/h4-8,10H,1-3H3. The van der Waals surface area contributed by atoms with Gasteiger partial charge in [0.15, 0.2) is 0 Å². The molecule has 15 heavy (non-hydrogen) atoms. The SMILES string of the molecule is CC1=C(c2ccccc2)C(C)N(C)C1=O. The van der Waals surface area contributed by atoms with Crippen molar-refractivity contribution in [3.63, 3.8) is 0 Å². The highest BCUT2D eigenvalue weighted by Gasteiger charge is 2.31. The van der Waals surface area contributed by atoms with Crippen molar-refractivity contribution in [2.45, 2.75) is 19.9 Å². The topological polar surface area (TPSA) is 20.3 Å². The molecule has 1 unspecified atom stereocenters. The van der Waals surface area contributed by atoms with Crippen LogP contribution < -0.4 is 0 Å². The Labute approximate surface area is 90.2 Å². The van der Waals surface area contributed by atoms with Gasteiger partial charge in [0.05, 0.1) is 6.04 Å². The van der Waals surface area contributed by atoms with Crippen molar-refractivity contribution in [1.82, 2.24) is 4.90 Å². The third kappa shape index (κ3) is 1.46. The molecule has 1 amide bonds. The summed E-state index contributed by atoms with van der Waals surface area (Å²) >= 11 is 0. The molecule has 1 atom stereocenters. The van der Waals surface area contributed by atoms with E-state index >= 15 is 0 Å². The Morgan fingerprint density at radius 1 is 1.20 bits per heavy atom. The first-order valence-electron chi connectivity index (χ1n) is 5.16. The van der Waals surface area contributed by atoms with Crippen molar-refractivity contribution in [2.75, 3.05) is 7.05 Å². The second kappa shape index (κ2) is 3.54. The van der Waals surface area contributed by atoms with Crippen LogP contribution in [0.15, 0.2) is 35.9 Å². The Balaban J connectivity index is 2.50. The van der Waals surface area contributed by atoms with E-state index in [1.54, 1.807) is 4.90 Å². The first-order chi connectivity index (χ1) is 7.13. The van der Waals surface area contributed by atoms with Crippen molar-refractivity contribution < 1.29 is 4.79 Å². The number of carbonyl (C=O) groups excluding carboxylic acids is 1. The van der Waals surface area contributed by atoms with Crippen LogP contribution in [-0.2, 0) is 4.79 Å². The number of amides is 1. The Hall–Kier alpha value is -1.57. The molecule has 1 aliphatic rings. The quantitative estimate of drug-likeness (QED) is 0.682. The molecule has 0 aromatic heterocycles. The summed E-state index contributed by atoms with van der Waals surface area (Å²) in [6, 6.07) is 10.3. The first kappa shape index (κ1) is 9.97. The smallest absolute Gasteiger partial charge is 0.250 e. The molecule has 0 bridgehead atoms. The molecule has 78 valence electrons. The maximum atomic E-state index is 11.8. The molecule has 0 saturated carbocycles. The van der Waals surface area contributed by atoms with E-state index in [9.17, 15) is 4.79 Å². The van der Waals surface area contributed by atoms with Gasteiger partial charge >= 0.3 is 0 Å². The van der Waals surface area contributed by atoms with Crippen molar-refractivity contribution in [3.05, 3.63) is 41.5 Å². The van der Waals surface area contributed by atoms with Gasteiger partial charge in [0.25, 0.3) is 0 Å². The fraction of sp³-hybridized carbons (Fsp3) is 0.308. The monoisotopic (exact) mass is 201 g/mol. The summed E-state index contributed by atoms with van der Waals surface area (Å²) in [6.45, 7) is 3.97. The Bertz CT molecular complexity index is 419. The average molecular weight is 201 g/mol. The van der Waals surface area contributed by atoms with Gasteiger partial charge in [0.1, 0.15) is 0 Å². The fourth-order valence-electron chi connectivity index (χ4n) is 2.14. The van der Waals surface area contributed by atoms with Gasteiger partial charge in [-0.3, -0.25) is 4.79 Å². The number of rotatable bonds is 1. The lowest BCUT2D eigenvalue weighted by molar-refractivity contribution is -0.125. The zero-order chi connectivity index (χ0) is 11.0. The molecule has 2 rings (SSSR count). The van der Waals surface area contributed by atoms with Crippen molar-refractivity contribution in [1.29, 1.82) is 0 Å². The van der Waals surface area contributed by atoms with Gasteiger partial charge in [-0.25, -0.2) is 0 Å². The highest BCUT2D eigenvalue weighted by molar-refractivity contribution is 6.06. The molecular formula is C13H15NO. The summed E-state index contributed by atoms with van der Waals surface area (Å²) in [7, 11) is 1.85. The molecular weight excluding hydrogens is 186 g/mol. The minimum atomic E-state index is 0.140. The maximum Gasteiger partial charge on any atom is 0.250 e. The van der Waals surface area contributed by atoms with E-state index in [0.717, 1.165) is 16.7 Å². The average Bonchev–Trinajstić information content (AvgIpc) is 2.45. The fourth-order valence-corrected chi connectivity index (χ4v) is 2.14. The summed E-state index contributed by atoms with van der Waals surface area (Å²) in [5.41, 5.74) is 3.18. The second-order valence-corrected chi connectivity index (χ2v) is 4.00. The molecule has 2 nitrogen and oxygen atoms in total. The summed E-state index contributed by atoms with van der Waals surface area (Å²) in [5, 5.41) is 0. The highest BCUT2D eigenvalue weighted by Crippen LogP contribution is 2.31. The molecule has 1 aliphatic heterocycles. The highest BCUT2D eigenvalue weighted by atomic mass is 16.2. The third-order valence-electron chi connectivity index (χ3n) is 3.13. The molecule has 1 aromatic rings. The number of hydrogen-bond donors (Lipinski definition) is 0. The normalized spacial score (nSPS) is 21.4. The van der Waals surface area contributed by atoms with Gasteiger partial charge < -0.3 is 4.90 Å². The lowest BCUT2D eigenvalue weighted by Crippen LogP contribution is -2.28. The summed E-state index contributed by atoms with van der Waals surface area (Å²) in [4.78, 5) is 13.6. The van der Waals surface area contributed by atoms with E-state index in [0.29, 0.717) is 0 Å². The van der Waals surface area contributed by atoms with E-state index in [-0.39, 0.29) is 11.9 Å². The molecule has 0 spiro atoms. The molecule has 0 fully saturated rings. The number of carbonyl (C=O) groups is 1. The maximum absolute atomic E-state index is 11.8. The zero-order valence-corrected chi connectivity index (χ0v) is 9.32. The van der Waals surface area contributed by atoms with E-state index in [1.807, 2.05) is 32.2 Å². The number of nitrogens with zero attached hydrogens (tertiary/aromatic N) is 1. The number of benzene rings is 1. The van der Waals surface area contributed by atoms with Crippen LogP contribution in [0.4, 0.5) is 0 Å². The van der Waals surface area contributed by atoms with Crippen LogP contribution in [0.2, 0.25) is 0 Å². The molecule has 0 N–H and O–H groups in total. The molecule has 0 aliphatic carbocycles. The summed E-state index contributed by atoms with van der Waals surface area (Å²) in [6.07, 6.45) is 0. The minimum absolute atomic E-state index is 0.140. The van der Waals surface area contributed by atoms with Crippen LogP contribution in [0.3, 0.4) is 0 Å². The van der Waals surface area contributed by atoms with E-state index in [1.165, 1.54) is 0 Å². The predicted molar refractivity (Wildman–Crippen MR) is 61.3 cm³/mol. The summed E-state index contributed by atoms with van der Waals surface area (Å²) in [5.74, 6) is 0.140. The van der Waals surface area contributed by atoms with Crippen LogP contribution in [0, 0.1) is 0 Å². The van der Waals surface area contributed by atoms with Crippen molar-refractivity contribution in [3.8, 4) is 0 Å². The van der Waals surface area contributed by atoms with E-state index < -0.39 is 0 Å². The second-order valence-electron chi connectivity index (χ2n) is 4.00. The van der Waals surface area contributed by atoms with Crippen LogP contribution in [0.5, 0.6) is 0 Å². The first-order valence-corrected chi connectivity index (χ1v) is 5.16. The van der Waals surface area contributed by atoms with Gasteiger partial charge in [-0.1, -0.05) is 30.3 Å². The van der Waals surface area contributed by atoms with Gasteiger partial charge in [0, 0.05) is 12.6 Å². The lowest BCUT2D eigenvalue weighted by Gasteiger charge is -2.18. The van der Waals surface area contributed by atoms with Gasteiger partial charge in [-0.2, -0.15) is 0 Å². The van der Waals surface area contributed by atoms with E-state index in [4.69, 9.17) is 0 Å². The minimum Gasteiger partial charge on any atom is -0.335 e. The van der Waals surface area contributed by atoms with Crippen LogP contribution >= 0.6 is 0 Å². The predicted octanol–water partition coefficient (Wildman–Crippen LogP) is 2.32. The summed E-state index contributed by atoms with van der Waals surface area (Å²) < 4.78 is 0. The zero-order valence-electron chi connectivity index (χ0n) is 9.32. The lowest BCUT2D eigenvalue weighted by atomic mass is 9.98. The van der Waals surface area contributed by atoms with Crippen molar-refractivity contribution in [2.24, 2.45) is 0 Å². The Morgan fingerprint density at radius 3 is 2.27 bits per heavy atom. The molecule has 0 saturated heterocycles.